The van der Waals surface area contributed by atoms with Crippen LogP contribution in [0.4, 0.5) is 0 Å². The van der Waals surface area contributed by atoms with Gasteiger partial charge in [0.2, 0.25) is 0 Å². The first kappa shape index (κ1) is 17.0. The van der Waals surface area contributed by atoms with Crippen molar-refractivity contribution < 1.29 is 9.59 Å². The molecule has 2 heterocycles. The normalized spacial score (nSPS) is 22.7. The summed E-state index contributed by atoms with van der Waals surface area (Å²) in [6.45, 7) is 4.41. The first-order valence-electron chi connectivity index (χ1n) is 9.13. The van der Waals surface area contributed by atoms with Crippen molar-refractivity contribution in [2.75, 3.05) is 33.7 Å². The lowest BCUT2D eigenvalue weighted by Gasteiger charge is -2.19. The second-order valence-corrected chi connectivity index (χ2v) is 7.71. The van der Waals surface area contributed by atoms with Gasteiger partial charge in [-0.2, -0.15) is 0 Å². The van der Waals surface area contributed by atoms with E-state index in [1.54, 1.807) is 6.92 Å². The molecule has 0 bridgehead atoms. The number of likely N-dealkylation sites (tertiary alicyclic amines) is 1. The van der Waals surface area contributed by atoms with Crippen LogP contribution in [0.5, 0.6) is 0 Å². The predicted molar refractivity (Wildman–Crippen MR) is 103 cm³/mol. The van der Waals surface area contributed by atoms with Crippen LogP contribution in [0.25, 0.3) is 11.1 Å². The number of hydrogen-bond acceptors (Lipinski definition) is 3. The maximum absolute atomic E-state index is 13.0. The lowest BCUT2D eigenvalue weighted by molar-refractivity contribution is 0.0781. The molecule has 2 aromatic rings. The molecule has 4 rings (SSSR count). The van der Waals surface area contributed by atoms with Gasteiger partial charge in [-0.3, -0.25) is 9.59 Å². The van der Waals surface area contributed by atoms with Gasteiger partial charge >= 0.3 is 0 Å². The second-order valence-electron chi connectivity index (χ2n) is 7.71. The average molecular weight is 348 g/mol. The van der Waals surface area contributed by atoms with E-state index in [0.29, 0.717) is 17.4 Å². The number of benzene rings is 2. The van der Waals surface area contributed by atoms with E-state index in [-0.39, 0.29) is 11.7 Å². The Morgan fingerprint density at radius 3 is 2.54 bits per heavy atom. The van der Waals surface area contributed by atoms with Crippen LogP contribution in [0.3, 0.4) is 0 Å². The van der Waals surface area contributed by atoms with Crippen LogP contribution in [0, 0.1) is 5.92 Å². The standard InChI is InChI=1S/C22H24N2O2/c1-14(25)15-5-4-6-16(9-15)17-7-8-19-20(10-17)22(26)24(3)12-18-11-23(2)13-21(18)19/h4-10,18,21H,11-13H2,1-3H3/t18-,21+/m1/s1. The molecule has 26 heavy (non-hydrogen) atoms. The van der Waals surface area contributed by atoms with Crippen LogP contribution < -0.4 is 0 Å². The average Bonchev–Trinajstić information content (AvgIpc) is 2.96. The van der Waals surface area contributed by atoms with Crippen LogP contribution in [-0.4, -0.2) is 55.2 Å². The van der Waals surface area contributed by atoms with Gasteiger partial charge in [0.05, 0.1) is 0 Å². The Balaban J connectivity index is 1.80. The molecular weight excluding hydrogens is 324 g/mol. The number of fused-ring (bicyclic) bond motifs is 3. The van der Waals surface area contributed by atoms with E-state index in [4.69, 9.17) is 0 Å². The molecule has 2 atom stereocenters. The van der Waals surface area contributed by atoms with E-state index >= 15 is 0 Å². The fraction of sp³-hybridized carbons (Fsp3) is 0.364. The number of carbonyl (C=O) groups excluding carboxylic acids is 2. The van der Waals surface area contributed by atoms with Crippen molar-refractivity contribution >= 4 is 11.7 Å². The van der Waals surface area contributed by atoms with E-state index in [9.17, 15) is 9.59 Å². The van der Waals surface area contributed by atoms with E-state index in [2.05, 4.69) is 24.1 Å². The van der Waals surface area contributed by atoms with Crippen LogP contribution in [-0.2, 0) is 0 Å². The fourth-order valence-electron chi connectivity index (χ4n) is 4.43. The Morgan fingerprint density at radius 2 is 1.77 bits per heavy atom. The Hall–Kier alpha value is -2.46. The van der Waals surface area contributed by atoms with Crippen molar-refractivity contribution in [1.29, 1.82) is 0 Å². The molecule has 4 heteroatoms. The quantitative estimate of drug-likeness (QED) is 0.782. The largest absolute Gasteiger partial charge is 0.341 e. The van der Waals surface area contributed by atoms with E-state index in [1.165, 1.54) is 5.56 Å². The zero-order valence-electron chi connectivity index (χ0n) is 15.5. The fourth-order valence-corrected chi connectivity index (χ4v) is 4.43. The second kappa shape index (κ2) is 6.36. The topological polar surface area (TPSA) is 40.6 Å². The first-order chi connectivity index (χ1) is 12.4. The van der Waals surface area contributed by atoms with Crippen molar-refractivity contribution in [3.63, 3.8) is 0 Å². The first-order valence-corrected chi connectivity index (χ1v) is 9.13. The number of amides is 1. The van der Waals surface area contributed by atoms with Gasteiger partial charge in [0.1, 0.15) is 0 Å². The summed E-state index contributed by atoms with van der Waals surface area (Å²) < 4.78 is 0. The summed E-state index contributed by atoms with van der Waals surface area (Å²) in [6.07, 6.45) is 0. The van der Waals surface area contributed by atoms with Gasteiger partial charge in [0, 0.05) is 43.7 Å². The highest BCUT2D eigenvalue weighted by Gasteiger charge is 2.38. The van der Waals surface area contributed by atoms with Crippen molar-refractivity contribution in [2.45, 2.75) is 12.8 Å². The Bertz CT molecular complexity index is 889. The summed E-state index contributed by atoms with van der Waals surface area (Å²) in [6, 6.07) is 13.8. The minimum Gasteiger partial charge on any atom is -0.341 e. The van der Waals surface area contributed by atoms with Crippen molar-refractivity contribution in [1.82, 2.24) is 9.80 Å². The minimum absolute atomic E-state index is 0.0502. The molecule has 1 saturated heterocycles. The Kier molecular flexibility index (Phi) is 4.16. The van der Waals surface area contributed by atoms with E-state index in [1.807, 2.05) is 42.3 Å². The molecule has 2 aliphatic rings. The van der Waals surface area contributed by atoms with Crippen LogP contribution in [0.2, 0.25) is 0 Å². The molecule has 2 aliphatic heterocycles. The molecule has 0 saturated carbocycles. The van der Waals surface area contributed by atoms with Crippen molar-refractivity contribution in [2.24, 2.45) is 5.92 Å². The van der Waals surface area contributed by atoms with Crippen LogP contribution in [0.15, 0.2) is 42.5 Å². The molecule has 0 radical (unpaired) electrons. The molecular formula is C22H24N2O2. The van der Waals surface area contributed by atoms with Gasteiger partial charge in [-0.05, 0) is 48.7 Å². The number of rotatable bonds is 2. The molecule has 0 aromatic heterocycles. The predicted octanol–water partition coefficient (Wildman–Crippen LogP) is 3.29. The molecule has 0 aliphatic carbocycles. The number of carbonyl (C=O) groups is 2. The zero-order valence-corrected chi connectivity index (χ0v) is 15.5. The molecule has 4 nitrogen and oxygen atoms in total. The number of ketones is 1. The van der Waals surface area contributed by atoms with E-state index in [0.717, 1.165) is 36.3 Å². The number of Topliss-reactive ketones (excluding diaryl/α,β-unsaturated/α-hetero) is 1. The molecule has 134 valence electrons. The van der Waals surface area contributed by atoms with Crippen molar-refractivity contribution in [3.8, 4) is 11.1 Å². The Morgan fingerprint density at radius 1 is 1.00 bits per heavy atom. The smallest absolute Gasteiger partial charge is 0.253 e. The molecule has 0 spiro atoms. The number of nitrogens with zero attached hydrogens (tertiary/aromatic N) is 2. The van der Waals surface area contributed by atoms with Crippen molar-refractivity contribution in [3.05, 3.63) is 59.2 Å². The third-order valence-corrected chi connectivity index (χ3v) is 5.76. The summed E-state index contributed by atoms with van der Waals surface area (Å²) >= 11 is 0. The van der Waals surface area contributed by atoms with Gasteiger partial charge in [0.25, 0.3) is 5.91 Å². The summed E-state index contributed by atoms with van der Waals surface area (Å²) in [7, 11) is 4.05. The summed E-state index contributed by atoms with van der Waals surface area (Å²) in [4.78, 5) is 28.9. The highest BCUT2D eigenvalue weighted by Crippen LogP contribution is 2.38. The van der Waals surface area contributed by atoms with Crippen LogP contribution in [0.1, 0.15) is 39.1 Å². The lowest BCUT2D eigenvalue weighted by atomic mass is 9.86. The highest BCUT2D eigenvalue weighted by molar-refractivity contribution is 5.98. The maximum Gasteiger partial charge on any atom is 0.253 e. The summed E-state index contributed by atoms with van der Waals surface area (Å²) in [5.41, 5.74) is 4.62. The van der Waals surface area contributed by atoms with Gasteiger partial charge < -0.3 is 9.80 Å². The molecule has 0 N–H and O–H groups in total. The Labute approximate surface area is 154 Å². The SMILES string of the molecule is CC(=O)c1cccc(-c2ccc3c(c2)C(=O)N(C)C[C@H]2CN(C)C[C@H]32)c1. The van der Waals surface area contributed by atoms with Gasteiger partial charge in [-0.1, -0.05) is 30.3 Å². The molecule has 2 aromatic carbocycles. The van der Waals surface area contributed by atoms with Gasteiger partial charge in [-0.25, -0.2) is 0 Å². The lowest BCUT2D eigenvalue weighted by Crippen LogP contribution is -2.31. The number of hydrogen-bond donors (Lipinski definition) is 0. The van der Waals surface area contributed by atoms with Crippen LogP contribution >= 0.6 is 0 Å². The van der Waals surface area contributed by atoms with Gasteiger partial charge in [0.15, 0.2) is 5.78 Å². The van der Waals surface area contributed by atoms with E-state index < -0.39 is 0 Å². The third-order valence-electron chi connectivity index (χ3n) is 5.76. The molecule has 1 amide bonds. The van der Waals surface area contributed by atoms with Gasteiger partial charge in [-0.15, -0.1) is 0 Å². The monoisotopic (exact) mass is 348 g/mol. The molecule has 1 fully saturated rings. The summed E-state index contributed by atoms with van der Waals surface area (Å²) in [5.74, 6) is 1.04. The minimum atomic E-state index is 0.0502. The third kappa shape index (κ3) is 2.84. The molecule has 0 unspecified atom stereocenters. The highest BCUT2D eigenvalue weighted by atomic mass is 16.2. The zero-order chi connectivity index (χ0) is 18.4. The number of likely N-dealkylation sites (N-methyl/N-ethyl adjacent to an activating group) is 1. The maximum atomic E-state index is 13.0. The summed E-state index contributed by atoms with van der Waals surface area (Å²) in [5, 5.41) is 0.